The van der Waals surface area contributed by atoms with Gasteiger partial charge < -0.3 is 5.11 Å². The molecule has 5 rings (SSSR count). The van der Waals surface area contributed by atoms with Crippen LogP contribution in [0.25, 0.3) is 21.5 Å². The molecule has 0 amide bonds. The van der Waals surface area contributed by atoms with Gasteiger partial charge in [-0.05, 0) is 51.6 Å². The van der Waals surface area contributed by atoms with E-state index < -0.39 is 11.9 Å². The van der Waals surface area contributed by atoms with E-state index in [1.807, 2.05) is 43.3 Å². The molecular formula is C31H26O2. The van der Waals surface area contributed by atoms with Crippen molar-refractivity contribution in [2.24, 2.45) is 0 Å². The molecule has 0 aromatic heterocycles. The number of rotatable bonds is 6. The van der Waals surface area contributed by atoms with Gasteiger partial charge in [-0.1, -0.05) is 115 Å². The van der Waals surface area contributed by atoms with Crippen LogP contribution in [0.4, 0.5) is 0 Å². The highest BCUT2D eigenvalue weighted by atomic mass is 16.4. The van der Waals surface area contributed by atoms with Crippen LogP contribution < -0.4 is 0 Å². The van der Waals surface area contributed by atoms with E-state index in [1.165, 1.54) is 32.7 Å². The first-order valence-corrected chi connectivity index (χ1v) is 11.4. The van der Waals surface area contributed by atoms with Crippen LogP contribution in [0.3, 0.4) is 0 Å². The summed E-state index contributed by atoms with van der Waals surface area (Å²) in [4.78, 5) is 12.5. The Morgan fingerprint density at radius 1 is 0.667 bits per heavy atom. The third kappa shape index (κ3) is 4.12. The van der Waals surface area contributed by atoms with Crippen LogP contribution >= 0.6 is 0 Å². The lowest BCUT2D eigenvalue weighted by Gasteiger charge is -2.25. The first-order valence-electron chi connectivity index (χ1n) is 11.4. The fraction of sp³-hybridized carbons (Fsp3) is 0.129. The summed E-state index contributed by atoms with van der Waals surface area (Å²) < 4.78 is 0. The van der Waals surface area contributed by atoms with Gasteiger partial charge in [0.15, 0.2) is 0 Å². The third-order valence-corrected chi connectivity index (χ3v) is 6.65. The topological polar surface area (TPSA) is 37.3 Å². The fourth-order valence-electron chi connectivity index (χ4n) is 4.94. The van der Waals surface area contributed by atoms with Gasteiger partial charge in [-0.3, -0.25) is 4.79 Å². The lowest BCUT2D eigenvalue weighted by Crippen LogP contribution is -2.17. The summed E-state index contributed by atoms with van der Waals surface area (Å²) in [5.41, 5.74) is 4.31. The number of hydrogen-bond acceptors (Lipinski definition) is 1. The predicted molar refractivity (Wildman–Crippen MR) is 136 cm³/mol. The second kappa shape index (κ2) is 8.91. The Bertz CT molecular complexity index is 1340. The highest BCUT2D eigenvalue weighted by molar-refractivity contribution is 5.90. The molecule has 5 aromatic carbocycles. The molecule has 0 saturated heterocycles. The summed E-state index contributed by atoms with van der Waals surface area (Å²) in [6.07, 6.45) is 0.487. The zero-order chi connectivity index (χ0) is 22.8. The molecule has 0 radical (unpaired) electrons. The second-order valence-electron chi connectivity index (χ2n) is 8.73. The van der Waals surface area contributed by atoms with E-state index in [1.54, 1.807) is 0 Å². The zero-order valence-electron chi connectivity index (χ0n) is 18.6. The average molecular weight is 431 g/mol. The molecule has 0 aliphatic carbocycles. The molecule has 2 nitrogen and oxygen atoms in total. The molecule has 0 heterocycles. The van der Waals surface area contributed by atoms with E-state index >= 15 is 0 Å². The number of aryl methyl sites for hydroxylation is 1. The largest absolute Gasteiger partial charge is 0.481 e. The first-order chi connectivity index (χ1) is 16.1. The van der Waals surface area contributed by atoms with Gasteiger partial charge in [0.25, 0.3) is 0 Å². The van der Waals surface area contributed by atoms with Gasteiger partial charge in [0.05, 0.1) is 5.92 Å². The molecule has 1 unspecified atom stereocenters. The lowest BCUT2D eigenvalue weighted by molar-refractivity contribution is -0.139. The van der Waals surface area contributed by atoms with Crippen molar-refractivity contribution in [3.8, 4) is 0 Å². The minimum Gasteiger partial charge on any atom is -0.481 e. The summed E-state index contributed by atoms with van der Waals surface area (Å²) in [6.45, 7) is 2.02. The van der Waals surface area contributed by atoms with Crippen LogP contribution in [0.2, 0.25) is 0 Å². The maximum Gasteiger partial charge on any atom is 0.311 e. The molecule has 162 valence electrons. The number of carboxylic acids is 1. The minimum atomic E-state index is -0.788. The molecular weight excluding hydrogens is 404 g/mol. The van der Waals surface area contributed by atoms with Crippen molar-refractivity contribution >= 4 is 27.5 Å². The Kier molecular flexibility index (Phi) is 5.66. The number of fused-ring (bicyclic) bond motifs is 2. The number of carbonyl (C=O) groups is 1. The fourth-order valence-corrected chi connectivity index (χ4v) is 4.94. The minimum absolute atomic E-state index is 0.0652. The van der Waals surface area contributed by atoms with Crippen molar-refractivity contribution in [1.82, 2.24) is 0 Å². The van der Waals surface area contributed by atoms with E-state index in [9.17, 15) is 9.90 Å². The van der Waals surface area contributed by atoms with Gasteiger partial charge in [-0.15, -0.1) is 0 Å². The molecule has 0 saturated carbocycles. The Hall–Kier alpha value is -3.91. The summed E-state index contributed by atoms with van der Waals surface area (Å²) >= 11 is 0. The number of aliphatic carboxylic acids is 1. The van der Waals surface area contributed by atoms with Gasteiger partial charge >= 0.3 is 5.97 Å². The van der Waals surface area contributed by atoms with Gasteiger partial charge in [-0.25, -0.2) is 0 Å². The van der Waals surface area contributed by atoms with Crippen molar-refractivity contribution < 1.29 is 9.90 Å². The Labute approximate surface area is 194 Å². The van der Waals surface area contributed by atoms with Gasteiger partial charge in [0, 0.05) is 5.92 Å². The zero-order valence-corrected chi connectivity index (χ0v) is 18.6. The van der Waals surface area contributed by atoms with E-state index in [-0.39, 0.29) is 5.92 Å². The lowest BCUT2D eigenvalue weighted by atomic mass is 9.78. The molecule has 0 aliphatic heterocycles. The molecule has 2 heteroatoms. The molecule has 0 fully saturated rings. The van der Waals surface area contributed by atoms with Crippen LogP contribution in [0.5, 0.6) is 0 Å². The summed E-state index contributed by atoms with van der Waals surface area (Å²) in [6, 6.07) is 37.3. The monoisotopic (exact) mass is 430 g/mol. The van der Waals surface area contributed by atoms with Crippen LogP contribution in [0, 0.1) is 6.92 Å². The summed E-state index contributed by atoms with van der Waals surface area (Å²) in [5.74, 6) is -1.46. The molecule has 1 atom stereocenters. The Morgan fingerprint density at radius 3 is 1.67 bits per heavy atom. The van der Waals surface area contributed by atoms with E-state index in [0.717, 1.165) is 11.1 Å². The summed E-state index contributed by atoms with van der Waals surface area (Å²) in [7, 11) is 0. The molecule has 1 N–H and O–H groups in total. The van der Waals surface area contributed by atoms with Gasteiger partial charge in [0.2, 0.25) is 0 Å². The molecule has 5 aromatic rings. The molecule has 0 bridgehead atoms. The van der Waals surface area contributed by atoms with E-state index in [0.29, 0.717) is 6.42 Å². The van der Waals surface area contributed by atoms with Crippen molar-refractivity contribution in [2.75, 3.05) is 0 Å². The average Bonchev–Trinajstić information content (AvgIpc) is 2.85. The maximum absolute atomic E-state index is 12.5. The standard InChI is InChI=1S/C31H26O2/c1-21-16-18-24(19-17-21)29(31(32)33)20-30(27-14-6-10-22-8-2-4-12-25(22)27)28-15-7-11-23-9-3-5-13-26(23)28/h2-19,29-30H,20H2,1H3,(H,32,33). The molecule has 0 aliphatic rings. The first kappa shape index (κ1) is 21.0. The maximum atomic E-state index is 12.5. The van der Waals surface area contributed by atoms with Gasteiger partial charge in [-0.2, -0.15) is 0 Å². The van der Waals surface area contributed by atoms with Crippen LogP contribution in [-0.4, -0.2) is 11.1 Å². The Balaban J connectivity index is 1.72. The molecule has 0 spiro atoms. The SMILES string of the molecule is Cc1ccc(C(CC(c2cccc3ccccc23)c2cccc3ccccc23)C(=O)O)cc1. The van der Waals surface area contributed by atoms with Crippen molar-refractivity contribution in [1.29, 1.82) is 0 Å². The van der Waals surface area contributed by atoms with Crippen LogP contribution in [-0.2, 0) is 4.79 Å². The second-order valence-corrected chi connectivity index (χ2v) is 8.73. The van der Waals surface area contributed by atoms with Crippen molar-refractivity contribution in [2.45, 2.75) is 25.2 Å². The summed E-state index contributed by atoms with van der Waals surface area (Å²) in [5, 5.41) is 14.9. The highest BCUT2D eigenvalue weighted by Crippen LogP contribution is 2.41. The van der Waals surface area contributed by atoms with Crippen molar-refractivity contribution in [3.05, 3.63) is 131 Å². The smallest absolute Gasteiger partial charge is 0.311 e. The molecule has 33 heavy (non-hydrogen) atoms. The quantitative estimate of drug-likeness (QED) is 0.300. The van der Waals surface area contributed by atoms with E-state index in [2.05, 4.69) is 72.8 Å². The van der Waals surface area contributed by atoms with Crippen molar-refractivity contribution in [3.63, 3.8) is 0 Å². The third-order valence-electron chi connectivity index (χ3n) is 6.65. The normalized spacial score (nSPS) is 12.3. The number of hydrogen-bond donors (Lipinski definition) is 1. The van der Waals surface area contributed by atoms with E-state index in [4.69, 9.17) is 0 Å². The number of benzene rings is 5. The van der Waals surface area contributed by atoms with Gasteiger partial charge in [0.1, 0.15) is 0 Å². The predicted octanol–water partition coefficient (Wildman–Crippen LogP) is 7.69. The number of carboxylic acid groups (broad SMARTS) is 1. The highest BCUT2D eigenvalue weighted by Gasteiger charge is 2.28. The van der Waals surface area contributed by atoms with Crippen LogP contribution in [0.15, 0.2) is 109 Å². The Morgan fingerprint density at radius 2 is 1.15 bits per heavy atom. The van der Waals surface area contributed by atoms with Crippen LogP contribution in [0.1, 0.15) is 40.5 Å².